The fourth-order valence-corrected chi connectivity index (χ4v) is 10.9. The number of rotatable bonds is 6. The third kappa shape index (κ3) is 6.24. The molecule has 1 aromatic heterocycles. The molecule has 0 amide bonds. The van der Waals surface area contributed by atoms with E-state index < -0.39 is 0 Å². The van der Waals surface area contributed by atoms with E-state index in [0.29, 0.717) is 0 Å². The number of fused-ring (bicyclic) bond motifs is 7. The lowest BCUT2D eigenvalue weighted by atomic mass is 9.58. The highest BCUT2D eigenvalue weighted by atomic mass is 15.0. The van der Waals surface area contributed by atoms with Crippen molar-refractivity contribution in [2.75, 3.05) is 5.32 Å². The zero-order chi connectivity index (χ0) is 43.3. The number of hydrogen-bond acceptors (Lipinski definition) is 1. The largest absolute Gasteiger partial charge is 0.355 e. The third-order valence-corrected chi connectivity index (χ3v) is 14.6. The molecular formula is C61H50BN2. The quantitative estimate of drug-likeness (QED) is 0.165. The minimum Gasteiger partial charge on any atom is -0.355 e. The fraction of sp³-hybridized carbons (Fsp3) is 0.148. The van der Waals surface area contributed by atoms with Gasteiger partial charge in [-0.25, -0.2) is 0 Å². The van der Waals surface area contributed by atoms with E-state index in [9.17, 15) is 0 Å². The van der Waals surface area contributed by atoms with Crippen molar-refractivity contribution in [3.8, 4) is 50.2 Å². The first-order valence-electron chi connectivity index (χ1n) is 22.9. The number of aromatic nitrogens is 1. The molecule has 12 rings (SSSR count). The Morgan fingerprint density at radius 3 is 1.89 bits per heavy atom. The summed E-state index contributed by atoms with van der Waals surface area (Å²) in [5.74, 6) is 0. The average Bonchev–Trinajstić information content (AvgIpc) is 3.65. The smallest absolute Gasteiger partial charge is 0.197 e. The Labute approximate surface area is 377 Å². The lowest BCUT2D eigenvalue weighted by molar-refractivity contribution is 0.332. The SMILES string of the molecule is Cc1ccccc1-c1cc(-c2cc3ccccc3cc2Nc2ccc3c(c2)C(C)(C)CCC3(C)C)c2c(c1)-n1c3ccc(-c4ccccc4)cc3c3cc(-c4ccccc4)cc(c31)[B]2. The molecule has 64 heavy (non-hydrogen) atoms. The Balaban J connectivity index is 1.14. The van der Waals surface area contributed by atoms with Crippen molar-refractivity contribution < 1.29 is 0 Å². The van der Waals surface area contributed by atoms with Crippen LogP contribution in [-0.2, 0) is 10.8 Å². The second-order valence-electron chi connectivity index (χ2n) is 19.6. The lowest BCUT2D eigenvalue weighted by Gasteiger charge is -2.42. The molecule has 0 fully saturated rings. The van der Waals surface area contributed by atoms with Crippen LogP contribution in [0.3, 0.4) is 0 Å². The predicted molar refractivity (Wildman–Crippen MR) is 275 cm³/mol. The summed E-state index contributed by atoms with van der Waals surface area (Å²) < 4.78 is 2.56. The van der Waals surface area contributed by atoms with Crippen LogP contribution in [0.15, 0.2) is 182 Å². The lowest BCUT2D eigenvalue weighted by Crippen LogP contribution is -2.37. The predicted octanol–water partition coefficient (Wildman–Crippen LogP) is 15.0. The Bertz CT molecular complexity index is 3500. The number of nitrogens with one attached hydrogen (secondary N) is 1. The number of nitrogens with zero attached hydrogens (tertiary/aromatic N) is 1. The molecule has 0 spiro atoms. The van der Waals surface area contributed by atoms with Gasteiger partial charge in [-0.15, -0.1) is 0 Å². The van der Waals surface area contributed by atoms with E-state index in [1.165, 1.54) is 123 Å². The Kier molecular flexibility index (Phi) is 8.72. The molecule has 10 aromatic rings. The molecule has 1 aliphatic carbocycles. The van der Waals surface area contributed by atoms with Crippen molar-refractivity contribution in [2.45, 2.75) is 58.3 Å². The first kappa shape index (κ1) is 38.6. The van der Waals surface area contributed by atoms with Crippen molar-refractivity contribution >= 4 is 62.2 Å². The van der Waals surface area contributed by atoms with E-state index in [1.54, 1.807) is 0 Å². The highest BCUT2D eigenvalue weighted by Gasteiger charge is 2.37. The standard InChI is InChI=1S/C61H50BN2/c1-38-16-12-15-23-47(38)45-33-50(48-30-41-21-13-14-22-42(41)35-55(48)63-46-25-26-52-53(37-46)61(4,5)29-28-60(52,2)3)58-57(36-45)64-56-27-24-43(39-17-8-6-9-18-39)31-49(56)51-32-44(34-54(62-58)59(51)64)40-19-10-7-11-20-40/h6-27,30-37,63H,28-29H2,1-5H3. The molecule has 0 saturated carbocycles. The molecule has 0 unspecified atom stereocenters. The second-order valence-corrected chi connectivity index (χ2v) is 19.6. The maximum absolute atomic E-state index is 4.05. The van der Waals surface area contributed by atoms with E-state index in [4.69, 9.17) is 0 Å². The maximum atomic E-state index is 4.05. The zero-order valence-corrected chi connectivity index (χ0v) is 37.3. The molecule has 0 saturated heterocycles. The molecule has 0 atom stereocenters. The van der Waals surface area contributed by atoms with Gasteiger partial charge in [0.15, 0.2) is 7.28 Å². The number of benzene rings is 9. The van der Waals surface area contributed by atoms with Gasteiger partial charge in [-0.1, -0.05) is 161 Å². The Morgan fingerprint density at radius 2 is 1.14 bits per heavy atom. The minimum absolute atomic E-state index is 0.101. The van der Waals surface area contributed by atoms with Gasteiger partial charge in [0, 0.05) is 38.9 Å². The van der Waals surface area contributed by atoms with Gasteiger partial charge >= 0.3 is 0 Å². The first-order chi connectivity index (χ1) is 31.1. The van der Waals surface area contributed by atoms with Crippen LogP contribution in [0.25, 0.3) is 82.8 Å². The molecule has 2 heterocycles. The highest BCUT2D eigenvalue weighted by Crippen LogP contribution is 2.48. The van der Waals surface area contributed by atoms with Gasteiger partial charge in [0.25, 0.3) is 0 Å². The molecule has 307 valence electrons. The van der Waals surface area contributed by atoms with Gasteiger partial charge < -0.3 is 9.88 Å². The summed E-state index contributed by atoms with van der Waals surface area (Å²) in [6.45, 7) is 11.9. The Hall–Kier alpha value is -7.10. The average molecular weight is 822 g/mol. The van der Waals surface area contributed by atoms with Crippen molar-refractivity contribution in [3.05, 3.63) is 199 Å². The molecule has 1 radical (unpaired) electrons. The second kappa shape index (κ2) is 14.5. The highest BCUT2D eigenvalue weighted by molar-refractivity contribution is 6.73. The van der Waals surface area contributed by atoms with Crippen molar-refractivity contribution in [1.82, 2.24) is 4.57 Å². The summed E-state index contributed by atoms with van der Waals surface area (Å²) in [5.41, 5.74) is 22.4. The molecule has 0 bridgehead atoms. The molecule has 9 aromatic carbocycles. The van der Waals surface area contributed by atoms with Crippen LogP contribution in [-0.4, -0.2) is 11.8 Å². The Morgan fingerprint density at radius 1 is 0.484 bits per heavy atom. The van der Waals surface area contributed by atoms with E-state index in [1.807, 2.05) is 0 Å². The molecule has 2 nitrogen and oxygen atoms in total. The first-order valence-corrected chi connectivity index (χ1v) is 22.9. The van der Waals surface area contributed by atoms with Gasteiger partial charge in [0.1, 0.15) is 0 Å². The van der Waals surface area contributed by atoms with Gasteiger partial charge in [0.05, 0.1) is 5.52 Å². The molecule has 1 N–H and O–H groups in total. The van der Waals surface area contributed by atoms with Crippen molar-refractivity contribution in [1.29, 1.82) is 0 Å². The van der Waals surface area contributed by atoms with Gasteiger partial charge in [0.2, 0.25) is 0 Å². The van der Waals surface area contributed by atoms with Crippen molar-refractivity contribution in [3.63, 3.8) is 0 Å². The van der Waals surface area contributed by atoms with Crippen molar-refractivity contribution in [2.24, 2.45) is 0 Å². The number of hydrogen-bond donors (Lipinski definition) is 1. The van der Waals surface area contributed by atoms with E-state index in [2.05, 4.69) is 234 Å². The van der Waals surface area contributed by atoms with Gasteiger partial charge in [-0.2, -0.15) is 0 Å². The summed E-state index contributed by atoms with van der Waals surface area (Å²) in [6.07, 6.45) is 2.37. The summed E-state index contributed by atoms with van der Waals surface area (Å²) >= 11 is 0. The third-order valence-electron chi connectivity index (χ3n) is 14.6. The monoisotopic (exact) mass is 821 g/mol. The fourth-order valence-electron chi connectivity index (χ4n) is 10.9. The van der Waals surface area contributed by atoms with Crippen LogP contribution in [0, 0.1) is 6.92 Å². The molecular weight excluding hydrogens is 771 g/mol. The normalized spacial score (nSPS) is 14.6. The van der Waals surface area contributed by atoms with E-state index >= 15 is 0 Å². The van der Waals surface area contributed by atoms with Crippen LogP contribution in [0.1, 0.15) is 57.2 Å². The number of anilines is 2. The van der Waals surface area contributed by atoms with Gasteiger partial charge in [-0.05, 0) is 157 Å². The van der Waals surface area contributed by atoms with Crippen LogP contribution in [0.2, 0.25) is 0 Å². The van der Waals surface area contributed by atoms with Crippen LogP contribution >= 0.6 is 0 Å². The summed E-state index contributed by atoms with van der Waals surface area (Å²) in [6, 6.07) is 67.9. The van der Waals surface area contributed by atoms with Gasteiger partial charge in [-0.3, -0.25) is 0 Å². The molecule has 2 aliphatic rings. The number of aryl methyl sites for hydroxylation is 1. The summed E-state index contributed by atoms with van der Waals surface area (Å²) in [7, 11) is 2.47. The maximum Gasteiger partial charge on any atom is 0.197 e. The molecule has 1 aliphatic heterocycles. The summed E-state index contributed by atoms with van der Waals surface area (Å²) in [5, 5.41) is 9.00. The minimum atomic E-state index is 0.101. The van der Waals surface area contributed by atoms with Crippen LogP contribution < -0.4 is 16.2 Å². The van der Waals surface area contributed by atoms with Crippen LogP contribution in [0.4, 0.5) is 11.4 Å². The zero-order valence-electron chi connectivity index (χ0n) is 37.3. The summed E-state index contributed by atoms with van der Waals surface area (Å²) in [4.78, 5) is 0. The topological polar surface area (TPSA) is 17.0 Å². The van der Waals surface area contributed by atoms with E-state index in [0.717, 1.165) is 11.4 Å². The van der Waals surface area contributed by atoms with Crippen LogP contribution in [0.5, 0.6) is 0 Å². The molecule has 3 heteroatoms. The van der Waals surface area contributed by atoms with E-state index in [-0.39, 0.29) is 10.8 Å².